The van der Waals surface area contributed by atoms with Crippen LogP contribution in [0.4, 0.5) is 0 Å². The van der Waals surface area contributed by atoms with E-state index in [1.165, 1.54) is 38.5 Å². The molecule has 0 radical (unpaired) electrons. The molecule has 5 atom stereocenters. The van der Waals surface area contributed by atoms with Gasteiger partial charge in [0.05, 0.1) is 32.8 Å². The van der Waals surface area contributed by atoms with Crippen LogP contribution in [-0.4, -0.2) is 96.7 Å². The molecule has 104 heavy (non-hydrogen) atoms. The maximum absolute atomic E-state index is 13.1. The van der Waals surface area contributed by atoms with Crippen molar-refractivity contribution in [2.75, 3.05) is 39.6 Å². The number of esters is 4. The standard InChI is InChI=1S/C85H134O17P2/c1-5-9-13-17-21-25-29-32-35-37-39-41-44-46-50-53-57-61-65-69-82(87)95-75-80(101-84(89)71-67-63-59-55-49-28-24-20-16-12-8-4)77-99-103(91,92)97-73-79(86)74-98-104(93,94)100-78-81(102-85(90)72-68-64-60-56-52-48-43-34-31-27-23-19-15-11-7-3)76-96-83(88)70-66-62-58-54-51-47-45-42-40-38-36-33-30-26-22-18-14-10-6-2/h9-11,13-15,21-23,25-27,32-36,39-43,46-47,50-52,56-57,61,64,68,79-81,86H,5-8,12,16-20,24,28-31,37-38,44-45,48-49,53-55,58-60,62-63,65-67,69-78H2,1-4H3,(H,91,92)(H,93,94)/b13-9-,14-10-,15-11-,25-21-,26-22-,27-23-,35-32-,36-33-,41-39-,42-40-,43-34-,50-46-,51-47-,56-52-,61-57-,68-64-. The van der Waals surface area contributed by atoms with E-state index >= 15 is 0 Å². The summed E-state index contributed by atoms with van der Waals surface area (Å²) in [5, 5.41) is 10.6. The van der Waals surface area contributed by atoms with Crippen LogP contribution in [0, 0.1) is 0 Å². The van der Waals surface area contributed by atoms with Gasteiger partial charge in [0, 0.05) is 19.3 Å². The molecule has 0 spiro atoms. The molecule has 586 valence electrons. The Kier molecular flexibility index (Phi) is 70.7. The van der Waals surface area contributed by atoms with Crippen LogP contribution >= 0.6 is 15.6 Å². The van der Waals surface area contributed by atoms with Gasteiger partial charge in [0.1, 0.15) is 19.3 Å². The number of rotatable bonds is 70. The second-order valence-electron chi connectivity index (χ2n) is 24.8. The van der Waals surface area contributed by atoms with Crippen molar-refractivity contribution in [3.05, 3.63) is 194 Å². The van der Waals surface area contributed by atoms with Crippen LogP contribution in [0.25, 0.3) is 0 Å². The van der Waals surface area contributed by atoms with E-state index in [9.17, 15) is 43.2 Å². The molecule has 0 saturated carbocycles. The minimum Gasteiger partial charge on any atom is -0.462 e. The lowest BCUT2D eigenvalue weighted by Crippen LogP contribution is -2.30. The van der Waals surface area contributed by atoms with Crippen LogP contribution in [0.1, 0.15) is 259 Å². The minimum absolute atomic E-state index is 0.0281. The zero-order valence-corrected chi connectivity index (χ0v) is 65.6. The number of unbranched alkanes of at least 4 members (excludes halogenated alkanes) is 13. The van der Waals surface area contributed by atoms with E-state index < -0.39 is 97.5 Å². The number of phosphoric acid groups is 2. The van der Waals surface area contributed by atoms with Gasteiger partial charge in [-0.3, -0.25) is 37.3 Å². The molecule has 0 fully saturated rings. The molecule has 0 aliphatic heterocycles. The number of hydrogen-bond acceptors (Lipinski definition) is 15. The van der Waals surface area contributed by atoms with Crippen LogP contribution in [0.3, 0.4) is 0 Å². The Morgan fingerprint density at radius 3 is 0.913 bits per heavy atom. The summed E-state index contributed by atoms with van der Waals surface area (Å²) in [6.45, 7) is 4.24. The lowest BCUT2D eigenvalue weighted by Gasteiger charge is -2.21. The van der Waals surface area contributed by atoms with Gasteiger partial charge in [0.25, 0.3) is 0 Å². The first kappa shape index (κ1) is 97.9. The largest absolute Gasteiger partial charge is 0.472 e. The maximum Gasteiger partial charge on any atom is 0.472 e. The number of aliphatic hydroxyl groups excluding tert-OH is 1. The summed E-state index contributed by atoms with van der Waals surface area (Å²) < 4.78 is 68.2. The van der Waals surface area contributed by atoms with Crippen molar-refractivity contribution in [3.8, 4) is 0 Å². The summed E-state index contributed by atoms with van der Waals surface area (Å²) in [6.07, 6.45) is 91.9. The van der Waals surface area contributed by atoms with Crippen LogP contribution in [-0.2, 0) is 65.4 Å². The van der Waals surface area contributed by atoms with Crippen molar-refractivity contribution >= 4 is 39.5 Å². The molecule has 0 rings (SSSR count). The van der Waals surface area contributed by atoms with Gasteiger partial charge in [-0.25, -0.2) is 9.13 Å². The molecular formula is C85H134O17P2. The van der Waals surface area contributed by atoms with Gasteiger partial charge in [-0.1, -0.05) is 293 Å². The quantitative estimate of drug-likeness (QED) is 0.0169. The van der Waals surface area contributed by atoms with Gasteiger partial charge >= 0.3 is 39.5 Å². The predicted octanol–water partition coefficient (Wildman–Crippen LogP) is 22.5. The Hall–Kier alpha value is -6.10. The third-order valence-corrected chi connectivity index (χ3v) is 17.0. The molecule has 5 unspecified atom stereocenters. The minimum atomic E-state index is -5.02. The smallest absolute Gasteiger partial charge is 0.462 e. The van der Waals surface area contributed by atoms with E-state index in [0.29, 0.717) is 32.1 Å². The Morgan fingerprint density at radius 1 is 0.288 bits per heavy atom. The van der Waals surface area contributed by atoms with Crippen molar-refractivity contribution < 1.29 is 80.2 Å². The van der Waals surface area contributed by atoms with E-state index in [1.54, 1.807) is 12.2 Å². The summed E-state index contributed by atoms with van der Waals surface area (Å²) in [5.74, 6) is -2.48. The fourth-order valence-corrected chi connectivity index (χ4v) is 10.9. The molecule has 0 saturated heterocycles. The molecule has 3 N–H and O–H groups in total. The number of ether oxygens (including phenoxy) is 4. The Balaban J connectivity index is 5.50. The fraction of sp³-hybridized carbons (Fsp3) is 0.576. The van der Waals surface area contributed by atoms with Gasteiger partial charge in [-0.2, -0.15) is 0 Å². The maximum atomic E-state index is 13.1. The van der Waals surface area contributed by atoms with Gasteiger partial charge in [-0.15, -0.1) is 0 Å². The number of phosphoric ester groups is 2. The Bertz CT molecular complexity index is 2740. The van der Waals surface area contributed by atoms with E-state index in [2.05, 4.69) is 180 Å². The summed E-state index contributed by atoms with van der Waals surface area (Å²) in [6, 6.07) is 0. The highest BCUT2D eigenvalue weighted by molar-refractivity contribution is 7.47. The highest BCUT2D eigenvalue weighted by atomic mass is 31.2. The topological polar surface area (TPSA) is 237 Å². The van der Waals surface area contributed by atoms with Crippen molar-refractivity contribution in [1.82, 2.24) is 0 Å². The van der Waals surface area contributed by atoms with Crippen molar-refractivity contribution in [1.29, 1.82) is 0 Å². The zero-order chi connectivity index (χ0) is 76.0. The summed E-state index contributed by atoms with van der Waals surface area (Å²) >= 11 is 0. The van der Waals surface area contributed by atoms with Crippen molar-refractivity contribution in [2.45, 2.75) is 277 Å². The Labute approximate surface area is 627 Å². The molecule has 0 aromatic carbocycles. The van der Waals surface area contributed by atoms with E-state index in [-0.39, 0.29) is 25.7 Å². The lowest BCUT2D eigenvalue weighted by atomic mass is 10.1. The van der Waals surface area contributed by atoms with Crippen LogP contribution in [0.5, 0.6) is 0 Å². The Morgan fingerprint density at radius 2 is 0.558 bits per heavy atom. The second kappa shape index (κ2) is 75.1. The molecule has 0 aromatic rings. The molecule has 0 aromatic heterocycles. The average Bonchev–Trinajstić information content (AvgIpc) is 0.931. The van der Waals surface area contributed by atoms with Gasteiger partial charge in [-0.05, 0) is 135 Å². The molecule has 0 aliphatic rings. The number of aliphatic hydroxyl groups is 1. The molecule has 19 heteroatoms. The van der Waals surface area contributed by atoms with Crippen LogP contribution in [0.15, 0.2) is 194 Å². The highest BCUT2D eigenvalue weighted by Crippen LogP contribution is 2.45. The number of carbonyl (C=O) groups is 4. The monoisotopic (exact) mass is 1490 g/mol. The zero-order valence-electron chi connectivity index (χ0n) is 63.9. The third-order valence-electron chi connectivity index (χ3n) is 15.1. The van der Waals surface area contributed by atoms with E-state index in [0.717, 1.165) is 135 Å². The van der Waals surface area contributed by atoms with Crippen LogP contribution < -0.4 is 0 Å². The van der Waals surface area contributed by atoms with E-state index in [4.69, 9.17) is 37.0 Å². The van der Waals surface area contributed by atoms with Crippen LogP contribution in [0.2, 0.25) is 0 Å². The first-order valence-electron chi connectivity index (χ1n) is 38.7. The summed E-state index contributed by atoms with van der Waals surface area (Å²) in [7, 11) is -10.0. The van der Waals surface area contributed by atoms with Gasteiger partial charge in [0.2, 0.25) is 0 Å². The second-order valence-corrected chi connectivity index (χ2v) is 27.7. The predicted molar refractivity (Wildman–Crippen MR) is 426 cm³/mol. The third kappa shape index (κ3) is 74.2. The summed E-state index contributed by atoms with van der Waals surface area (Å²) in [4.78, 5) is 72.8. The van der Waals surface area contributed by atoms with Crippen molar-refractivity contribution in [3.63, 3.8) is 0 Å². The van der Waals surface area contributed by atoms with Gasteiger partial charge < -0.3 is 33.8 Å². The first-order chi connectivity index (χ1) is 50.7. The number of allylic oxidation sites excluding steroid dienone is 31. The summed E-state index contributed by atoms with van der Waals surface area (Å²) in [5.41, 5.74) is 0. The number of hydrogen-bond donors (Lipinski definition) is 3. The SMILES string of the molecule is CC/C=C\C/C=C\C/C=C\C/C=C\C/C=C\C/C=C\CCC(=O)OCC(COP(=O)(O)OCC(O)COP(=O)(O)OCC(COC(=O)CCCCC/C=C\C/C=C\C/C=C\C/C=C\C/C=C\CC)OC(=O)C/C=C\C/C=C\C/C=C\C/C=C\C/C=C\CC)OC(=O)CCCCCCCCCCCCC. The molecule has 0 heterocycles. The van der Waals surface area contributed by atoms with Crippen molar-refractivity contribution in [2.24, 2.45) is 0 Å². The molecule has 0 bridgehead atoms. The molecule has 0 aliphatic carbocycles. The molecule has 0 amide bonds. The molecular weight excluding hydrogens is 1350 g/mol. The molecule has 17 nitrogen and oxygen atoms in total. The highest BCUT2D eigenvalue weighted by Gasteiger charge is 2.30. The fourth-order valence-electron chi connectivity index (χ4n) is 9.35. The lowest BCUT2D eigenvalue weighted by molar-refractivity contribution is -0.161. The first-order valence-corrected chi connectivity index (χ1v) is 41.7. The van der Waals surface area contributed by atoms with Gasteiger partial charge in [0.15, 0.2) is 12.2 Å². The van der Waals surface area contributed by atoms with E-state index in [1.807, 2.05) is 30.4 Å². The number of carbonyl (C=O) groups excluding carboxylic acids is 4. The average molecular weight is 1490 g/mol. The normalized spacial score (nSPS) is 15.0.